The summed E-state index contributed by atoms with van der Waals surface area (Å²) in [5.74, 6) is -0.488. The number of hydrogen-bond donors (Lipinski definition) is 1. The van der Waals surface area contributed by atoms with Crippen molar-refractivity contribution in [2.24, 2.45) is 0 Å². The Bertz CT molecular complexity index is 228. The van der Waals surface area contributed by atoms with E-state index in [4.69, 9.17) is 5.11 Å². The minimum Gasteiger partial charge on any atom is -0.468 e. The zero-order valence-electron chi connectivity index (χ0n) is 10.2. The first-order chi connectivity index (χ1) is 7.52. The van der Waals surface area contributed by atoms with E-state index in [1.54, 1.807) is 0 Å². The molecule has 0 atom stereocenters. The Morgan fingerprint density at radius 1 is 1.31 bits per heavy atom. The molecule has 1 amide bonds. The number of unbranched alkanes of at least 4 members (excludes halogenated alkanes) is 1. The summed E-state index contributed by atoms with van der Waals surface area (Å²) < 4.78 is 4.53. The maximum Gasteiger partial charge on any atom is 0.325 e. The molecule has 0 aromatic carbocycles. The van der Waals surface area contributed by atoms with Crippen LogP contribution in [0.2, 0.25) is 0 Å². The van der Waals surface area contributed by atoms with Gasteiger partial charge in [-0.1, -0.05) is 0 Å². The third-order valence-corrected chi connectivity index (χ3v) is 2.27. The predicted molar refractivity (Wildman–Crippen MR) is 59.8 cm³/mol. The molecule has 0 aromatic rings. The zero-order valence-corrected chi connectivity index (χ0v) is 10.2. The summed E-state index contributed by atoms with van der Waals surface area (Å²) in [6.45, 7) is 3.79. The van der Waals surface area contributed by atoms with E-state index in [9.17, 15) is 9.59 Å². The van der Waals surface area contributed by atoms with Crippen molar-refractivity contribution in [2.75, 3.05) is 20.3 Å². The molecule has 5 heteroatoms. The van der Waals surface area contributed by atoms with Gasteiger partial charge in [-0.2, -0.15) is 0 Å². The number of hydrogen-bond acceptors (Lipinski definition) is 4. The molecule has 0 fully saturated rings. The van der Waals surface area contributed by atoms with Crippen molar-refractivity contribution in [3.8, 4) is 0 Å². The summed E-state index contributed by atoms with van der Waals surface area (Å²) >= 11 is 0. The Hall–Kier alpha value is -1.10. The van der Waals surface area contributed by atoms with Crippen molar-refractivity contribution in [1.82, 2.24) is 4.90 Å². The molecule has 0 aliphatic rings. The quantitative estimate of drug-likeness (QED) is 0.513. The summed E-state index contributed by atoms with van der Waals surface area (Å²) in [4.78, 5) is 24.3. The molecule has 0 aromatic heterocycles. The zero-order chi connectivity index (χ0) is 12.6. The van der Waals surface area contributed by atoms with Gasteiger partial charge in [0, 0.05) is 19.1 Å². The predicted octanol–water partition coefficient (Wildman–Crippen LogP) is 0.559. The van der Waals surface area contributed by atoms with E-state index in [2.05, 4.69) is 4.74 Å². The Labute approximate surface area is 96.4 Å². The summed E-state index contributed by atoms with van der Waals surface area (Å²) in [5, 5.41) is 8.61. The Morgan fingerprint density at radius 2 is 1.94 bits per heavy atom. The molecule has 16 heavy (non-hydrogen) atoms. The molecule has 0 saturated heterocycles. The van der Waals surface area contributed by atoms with Gasteiger partial charge in [-0.25, -0.2) is 0 Å². The minimum absolute atomic E-state index is 0.00781. The Balaban J connectivity index is 4.19. The van der Waals surface area contributed by atoms with Crippen LogP contribution in [0.5, 0.6) is 0 Å². The van der Waals surface area contributed by atoms with Crippen molar-refractivity contribution in [2.45, 2.75) is 39.2 Å². The van der Waals surface area contributed by atoms with Crippen molar-refractivity contribution in [1.29, 1.82) is 0 Å². The second-order valence-corrected chi connectivity index (χ2v) is 3.87. The lowest BCUT2D eigenvalue weighted by Gasteiger charge is -2.25. The van der Waals surface area contributed by atoms with Crippen molar-refractivity contribution < 1.29 is 19.4 Å². The number of ether oxygens (including phenoxy) is 1. The van der Waals surface area contributed by atoms with E-state index in [1.165, 1.54) is 12.0 Å². The van der Waals surface area contributed by atoms with E-state index in [1.807, 2.05) is 13.8 Å². The lowest BCUT2D eigenvalue weighted by atomic mass is 10.2. The summed E-state index contributed by atoms with van der Waals surface area (Å²) in [7, 11) is 1.30. The van der Waals surface area contributed by atoms with Crippen LogP contribution in [-0.2, 0) is 14.3 Å². The second kappa shape index (κ2) is 8.10. The smallest absolute Gasteiger partial charge is 0.325 e. The minimum atomic E-state index is -0.413. The maximum atomic E-state index is 11.7. The van der Waals surface area contributed by atoms with Gasteiger partial charge in [-0.3, -0.25) is 9.59 Å². The van der Waals surface area contributed by atoms with Crippen molar-refractivity contribution >= 4 is 11.9 Å². The number of carbonyl (C=O) groups is 2. The van der Waals surface area contributed by atoms with Gasteiger partial charge >= 0.3 is 5.97 Å². The molecule has 0 saturated carbocycles. The fourth-order valence-electron chi connectivity index (χ4n) is 1.29. The molecule has 0 unspecified atom stereocenters. The SMILES string of the molecule is COC(=O)CN(C(=O)CCCCO)C(C)C. The first-order valence-corrected chi connectivity index (χ1v) is 5.50. The van der Waals surface area contributed by atoms with Gasteiger partial charge in [0.2, 0.25) is 5.91 Å². The number of esters is 1. The van der Waals surface area contributed by atoms with E-state index in [0.717, 1.165) is 0 Å². The maximum absolute atomic E-state index is 11.7. The highest BCUT2D eigenvalue weighted by Gasteiger charge is 2.19. The van der Waals surface area contributed by atoms with Gasteiger partial charge in [0.15, 0.2) is 0 Å². The molecule has 0 rings (SSSR count). The van der Waals surface area contributed by atoms with Gasteiger partial charge in [0.25, 0.3) is 0 Å². The normalized spacial score (nSPS) is 10.3. The van der Waals surface area contributed by atoms with Gasteiger partial charge in [0.05, 0.1) is 7.11 Å². The molecule has 1 N–H and O–H groups in total. The number of nitrogens with zero attached hydrogens (tertiary/aromatic N) is 1. The third-order valence-electron chi connectivity index (χ3n) is 2.27. The third kappa shape index (κ3) is 5.70. The van der Waals surface area contributed by atoms with Crippen LogP contribution in [0, 0.1) is 0 Å². The van der Waals surface area contributed by atoms with Gasteiger partial charge in [0.1, 0.15) is 6.54 Å². The molecular formula is C11H21NO4. The standard InChI is InChI=1S/C11H21NO4/c1-9(2)12(8-11(15)16-3)10(14)6-4-5-7-13/h9,13H,4-8H2,1-3H3. The molecule has 94 valence electrons. The lowest BCUT2D eigenvalue weighted by Crippen LogP contribution is -2.40. The number of aliphatic hydroxyl groups excluding tert-OH is 1. The lowest BCUT2D eigenvalue weighted by molar-refractivity contribution is -0.148. The second-order valence-electron chi connectivity index (χ2n) is 3.87. The van der Waals surface area contributed by atoms with Crippen LogP contribution in [0.25, 0.3) is 0 Å². The number of aliphatic hydroxyl groups is 1. The summed E-state index contributed by atoms with van der Waals surface area (Å²) in [6.07, 6.45) is 1.60. The van der Waals surface area contributed by atoms with E-state index in [-0.39, 0.29) is 25.1 Å². The number of methoxy groups -OCH3 is 1. The van der Waals surface area contributed by atoms with E-state index < -0.39 is 5.97 Å². The molecular weight excluding hydrogens is 210 g/mol. The van der Waals surface area contributed by atoms with Crippen LogP contribution in [0.15, 0.2) is 0 Å². The topological polar surface area (TPSA) is 66.8 Å². The largest absolute Gasteiger partial charge is 0.468 e. The van der Waals surface area contributed by atoms with Gasteiger partial charge in [-0.15, -0.1) is 0 Å². The highest BCUT2D eigenvalue weighted by Crippen LogP contribution is 2.05. The molecule has 0 bridgehead atoms. The molecule has 0 heterocycles. The average Bonchev–Trinajstić information content (AvgIpc) is 2.25. The van der Waals surface area contributed by atoms with Crippen molar-refractivity contribution in [3.05, 3.63) is 0 Å². The average molecular weight is 231 g/mol. The molecule has 0 aliphatic carbocycles. The van der Waals surface area contributed by atoms with Gasteiger partial charge < -0.3 is 14.7 Å². The Kier molecular flexibility index (Phi) is 7.54. The van der Waals surface area contributed by atoms with Crippen molar-refractivity contribution in [3.63, 3.8) is 0 Å². The van der Waals surface area contributed by atoms with Crippen LogP contribution >= 0.6 is 0 Å². The van der Waals surface area contributed by atoms with Crippen LogP contribution < -0.4 is 0 Å². The number of rotatable bonds is 7. The molecule has 0 aliphatic heterocycles. The van der Waals surface area contributed by atoms with Crippen LogP contribution in [0.3, 0.4) is 0 Å². The van der Waals surface area contributed by atoms with Crippen LogP contribution in [0.4, 0.5) is 0 Å². The summed E-state index contributed by atoms with van der Waals surface area (Å²) in [5.41, 5.74) is 0. The molecule has 0 spiro atoms. The molecule has 0 radical (unpaired) electrons. The first kappa shape index (κ1) is 14.9. The van der Waals surface area contributed by atoms with E-state index in [0.29, 0.717) is 19.3 Å². The highest BCUT2D eigenvalue weighted by molar-refractivity contribution is 5.82. The number of amides is 1. The van der Waals surface area contributed by atoms with Crippen LogP contribution in [0.1, 0.15) is 33.1 Å². The fourth-order valence-corrected chi connectivity index (χ4v) is 1.29. The Morgan fingerprint density at radius 3 is 2.38 bits per heavy atom. The van der Waals surface area contributed by atoms with Crippen LogP contribution in [-0.4, -0.2) is 48.2 Å². The molecule has 5 nitrogen and oxygen atoms in total. The summed E-state index contributed by atoms with van der Waals surface area (Å²) in [6, 6.07) is -0.0271. The first-order valence-electron chi connectivity index (χ1n) is 5.50. The van der Waals surface area contributed by atoms with Gasteiger partial charge in [-0.05, 0) is 26.7 Å². The van der Waals surface area contributed by atoms with E-state index >= 15 is 0 Å². The monoisotopic (exact) mass is 231 g/mol. The highest BCUT2D eigenvalue weighted by atomic mass is 16.5. The fraction of sp³-hybridized carbons (Fsp3) is 0.818. The number of carbonyl (C=O) groups excluding carboxylic acids is 2.